The lowest BCUT2D eigenvalue weighted by Gasteiger charge is -2.30. The van der Waals surface area contributed by atoms with Gasteiger partial charge in [-0.15, -0.1) is 0 Å². The van der Waals surface area contributed by atoms with E-state index in [1.54, 1.807) is 0 Å². The smallest absolute Gasteiger partial charge is 0.0565 e. The molecule has 0 aliphatic heterocycles. The summed E-state index contributed by atoms with van der Waals surface area (Å²) in [6.45, 7) is 16.9. The zero-order valence-corrected chi connectivity index (χ0v) is 51.2. The van der Waals surface area contributed by atoms with Crippen LogP contribution in [0.25, 0.3) is 121 Å². The van der Waals surface area contributed by atoms with Crippen LogP contribution in [0.2, 0.25) is 0 Å². The Balaban J connectivity index is 0.808. The fourth-order valence-corrected chi connectivity index (χ4v) is 15.5. The molecule has 0 saturated heterocycles. The van der Waals surface area contributed by atoms with Crippen molar-refractivity contribution in [1.29, 1.82) is 0 Å². The fraction of sp³-hybridized carbons (Fsp3) is 0.143. The third kappa shape index (κ3) is 8.40. The molecule has 4 nitrogen and oxygen atoms in total. The summed E-state index contributed by atoms with van der Waals surface area (Å²) in [4.78, 5) is 0. The van der Waals surface area contributed by atoms with Crippen LogP contribution in [-0.2, 0) is 29.1 Å². The molecule has 0 amide bonds. The first-order valence-corrected chi connectivity index (χ1v) is 31.3. The van der Waals surface area contributed by atoms with E-state index in [0.29, 0.717) is 0 Å². The minimum Gasteiger partial charge on any atom is -0.309 e. The van der Waals surface area contributed by atoms with Crippen LogP contribution < -0.4 is 0 Å². The van der Waals surface area contributed by atoms with Gasteiger partial charge in [0.1, 0.15) is 0 Å². The third-order valence-corrected chi connectivity index (χ3v) is 19.1. The number of nitrogens with zero attached hydrogens (tertiary/aromatic N) is 4. The van der Waals surface area contributed by atoms with Crippen molar-refractivity contribution < 1.29 is 0 Å². The van der Waals surface area contributed by atoms with Crippen LogP contribution in [0.5, 0.6) is 0 Å². The lowest BCUT2D eigenvalue weighted by molar-refractivity contribution is 0.527. The van der Waals surface area contributed by atoms with E-state index in [1.165, 1.54) is 138 Å². The Kier molecular flexibility index (Phi) is 12.3. The fourth-order valence-electron chi connectivity index (χ4n) is 15.5. The molecular weight excluding hydrogens is 1060 g/mol. The van der Waals surface area contributed by atoms with Crippen molar-refractivity contribution in [2.45, 2.75) is 77.6 Å². The van der Waals surface area contributed by atoms with Crippen molar-refractivity contribution in [3.63, 3.8) is 0 Å². The molecule has 12 aromatic carbocycles. The Morgan fingerprint density at radius 3 is 1.07 bits per heavy atom. The van der Waals surface area contributed by atoms with E-state index >= 15 is 0 Å². The van der Waals surface area contributed by atoms with E-state index in [9.17, 15) is 0 Å². The van der Waals surface area contributed by atoms with E-state index in [4.69, 9.17) is 0 Å². The van der Waals surface area contributed by atoms with E-state index in [2.05, 4.69) is 340 Å². The molecule has 426 valence electrons. The maximum absolute atomic E-state index is 2.53. The predicted octanol–water partition coefficient (Wildman–Crippen LogP) is 22.1. The first kappa shape index (κ1) is 53.3. The van der Waals surface area contributed by atoms with Crippen molar-refractivity contribution in [1.82, 2.24) is 18.3 Å². The molecular formula is C84H70N4. The maximum atomic E-state index is 2.53. The highest BCUT2D eigenvalue weighted by molar-refractivity contribution is 6.22. The number of para-hydroxylation sites is 6. The molecule has 16 aromatic rings. The van der Waals surface area contributed by atoms with Crippen LogP contribution in [0.1, 0.15) is 76.3 Å². The second-order valence-electron chi connectivity index (χ2n) is 26.8. The molecule has 0 bridgehead atoms. The van der Waals surface area contributed by atoms with E-state index in [-0.39, 0.29) is 16.2 Å². The monoisotopic (exact) mass is 1130 g/mol. The lowest BCUT2D eigenvalue weighted by Crippen LogP contribution is -2.22. The molecule has 0 radical (unpaired) electrons. The Morgan fingerprint density at radius 2 is 0.614 bits per heavy atom. The summed E-state index contributed by atoms with van der Waals surface area (Å²) in [7, 11) is 0. The highest BCUT2D eigenvalue weighted by Crippen LogP contribution is 2.49. The molecule has 0 atom stereocenters. The van der Waals surface area contributed by atoms with Crippen LogP contribution in [0.3, 0.4) is 0 Å². The molecule has 16 rings (SSSR count). The second kappa shape index (κ2) is 20.2. The molecule has 4 heteroatoms. The normalized spacial score (nSPS) is 12.6. The number of benzene rings is 12. The Morgan fingerprint density at radius 1 is 0.261 bits per heavy atom. The summed E-state index contributed by atoms with van der Waals surface area (Å²) in [6.07, 6.45) is 1.74. The summed E-state index contributed by atoms with van der Waals surface area (Å²) in [5.74, 6) is 0. The number of fused-ring (bicyclic) bond motifs is 12. The largest absolute Gasteiger partial charge is 0.309 e. The zero-order valence-electron chi connectivity index (χ0n) is 51.2. The lowest BCUT2D eigenvalue weighted by atomic mass is 9.74. The van der Waals surface area contributed by atoms with Gasteiger partial charge in [-0.1, -0.05) is 230 Å². The quantitative estimate of drug-likeness (QED) is 0.123. The SMILES string of the molecule is CC(C)(C)c1c2c3ccccc3n(-c3ccc(CC(C)(C)c4cccc5c4c4ccccc4n5-c4ccccc4)cc3)c2cc2c1c1ccccc1n2-c1ccc(CC(C)(C)c2c(-c3ccccc3)ccc3c2c2ccccc2n3-c2ccccc2)cc1. The molecule has 0 aliphatic rings. The summed E-state index contributed by atoms with van der Waals surface area (Å²) < 4.78 is 9.94. The molecule has 0 spiro atoms. The van der Waals surface area contributed by atoms with Gasteiger partial charge in [0, 0.05) is 65.8 Å². The summed E-state index contributed by atoms with van der Waals surface area (Å²) >= 11 is 0. The molecule has 0 unspecified atom stereocenters. The van der Waals surface area contributed by atoms with Gasteiger partial charge in [-0.05, 0) is 159 Å². The van der Waals surface area contributed by atoms with Gasteiger partial charge in [-0.3, -0.25) is 0 Å². The minimum absolute atomic E-state index is 0.166. The highest BCUT2D eigenvalue weighted by atomic mass is 15.0. The van der Waals surface area contributed by atoms with Gasteiger partial charge in [0.15, 0.2) is 0 Å². The predicted molar refractivity (Wildman–Crippen MR) is 374 cm³/mol. The molecule has 0 aliphatic carbocycles. The number of rotatable bonds is 11. The highest BCUT2D eigenvalue weighted by Gasteiger charge is 2.33. The molecule has 0 N–H and O–H groups in total. The first-order chi connectivity index (χ1) is 42.8. The van der Waals surface area contributed by atoms with Crippen LogP contribution in [0.4, 0.5) is 0 Å². The number of aromatic nitrogens is 4. The van der Waals surface area contributed by atoms with Crippen LogP contribution >= 0.6 is 0 Å². The molecule has 0 fully saturated rings. The van der Waals surface area contributed by atoms with Crippen molar-refractivity contribution >= 4 is 87.2 Å². The van der Waals surface area contributed by atoms with Gasteiger partial charge in [0.25, 0.3) is 0 Å². The minimum atomic E-state index is -0.264. The maximum Gasteiger partial charge on any atom is 0.0565 e. The summed E-state index contributed by atoms with van der Waals surface area (Å²) in [6, 6.07) is 102. The van der Waals surface area contributed by atoms with E-state index in [0.717, 1.165) is 24.2 Å². The van der Waals surface area contributed by atoms with Gasteiger partial charge in [-0.25, -0.2) is 0 Å². The van der Waals surface area contributed by atoms with Crippen molar-refractivity contribution in [2.75, 3.05) is 0 Å². The summed E-state index contributed by atoms with van der Waals surface area (Å²) in [5.41, 5.74) is 23.0. The van der Waals surface area contributed by atoms with Crippen LogP contribution in [0, 0.1) is 0 Å². The van der Waals surface area contributed by atoms with Crippen molar-refractivity contribution in [3.05, 3.63) is 301 Å². The Labute approximate surface area is 514 Å². The van der Waals surface area contributed by atoms with Gasteiger partial charge in [0.2, 0.25) is 0 Å². The van der Waals surface area contributed by atoms with E-state index < -0.39 is 0 Å². The zero-order chi connectivity index (χ0) is 59.6. The van der Waals surface area contributed by atoms with Crippen molar-refractivity contribution in [3.8, 4) is 33.9 Å². The van der Waals surface area contributed by atoms with Crippen LogP contribution in [-0.4, -0.2) is 18.3 Å². The Hall–Kier alpha value is -10.2. The Bertz CT molecular complexity index is 5370. The van der Waals surface area contributed by atoms with E-state index in [1.807, 2.05) is 0 Å². The average molecular weight is 1140 g/mol. The second-order valence-corrected chi connectivity index (χ2v) is 26.8. The third-order valence-electron chi connectivity index (χ3n) is 19.1. The van der Waals surface area contributed by atoms with Gasteiger partial charge in [-0.2, -0.15) is 0 Å². The topological polar surface area (TPSA) is 19.7 Å². The first-order valence-electron chi connectivity index (χ1n) is 31.3. The molecule has 88 heavy (non-hydrogen) atoms. The molecule has 4 heterocycles. The van der Waals surface area contributed by atoms with Crippen molar-refractivity contribution in [2.24, 2.45) is 0 Å². The number of hydrogen-bond donors (Lipinski definition) is 0. The van der Waals surface area contributed by atoms with Gasteiger partial charge < -0.3 is 18.3 Å². The number of hydrogen-bond acceptors (Lipinski definition) is 0. The standard InChI is InChI=1S/C84H70N4/c1-82(2,3)81-78-65-34-19-23-39-70(65)87(60-46-42-55(43-47-60)53-83(4,5)67-36-25-41-72-76(67)63-32-17-21-37-68(63)85(72)58-28-13-9-14-29-58)74(78)52-75-79(81)66-35-20-24-40-71(66)88(75)61-48-44-56(45-49-61)54-84(6,7)80-62(57-26-11-8-12-27-57)50-51-73-77(80)64-33-18-22-38-69(64)86(73)59-30-15-10-16-31-59/h8-52H,53-54H2,1-7H3. The molecule has 0 saturated carbocycles. The van der Waals surface area contributed by atoms with Gasteiger partial charge in [0.05, 0.1) is 44.1 Å². The average Bonchev–Trinajstić information content (AvgIpc) is 1.60. The summed E-state index contributed by atoms with van der Waals surface area (Å²) in [5, 5.41) is 10.4. The van der Waals surface area contributed by atoms with Crippen LogP contribution in [0.15, 0.2) is 273 Å². The molecule has 4 aromatic heterocycles. The van der Waals surface area contributed by atoms with Gasteiger partial charge >= 0.3 is 0 Å².